The van der Waals surface area contributed by atoms with E-state index in [9.17, 15) is 15.0 Å². The van der Waals surface area contributed by atoms with Crippen LogP contribution >= 0.6 is 0 Å². The Morgan fingerprint density at radius 1 is 1.08 bits per heavy atom. The molecule has 3 saturated carbocycles. The van der Waals surface area contributed by atoms with Gasteiger partial charge in [0.1, 0.15) is 0 Å². The SMILES string of the molecule is O=C1C=C2CCC3C4CC[C@@](O)(/C=C\CO)C4C[C@@H]4c5ccc(-c6cccnc6)cc5C[C@@]2(CC1)C34. The monoisotopic (exact) mass is 481 g/mol. The lowest BCUT2D eigenvalue weighted by Crippen LogP contribution is -2.56. The summed E-state index contributed by atoms with van der Waals surface area (Å²) >= 11 is 0. The summed E-state index contributed by atoms with van der Waals surface area (Å²) in [5, 5.41) is 21.2. The minimum Gasteiger partial charge on any atom is -0.392 e. The van der Waals surface area contributed by atoms with Crippen LogP contribution in [-0.4, -0.2) is 33.2 Å². The van der Waals surface area contributed by atoms with Gasteiger partial charge in [0.15, 0.2) is 5.78 Å². The fourth-order valence-corrected chi connectivity index (χ4v) is 9.44. The van der Waals surface area contributed by atoms with Crippen LogP contribution in [0.15, 0.2) is 66.5 Å². The Morgan fingerprint density at radius 3 is 2.83 bits per heavy atom. The van der Waals surface area contributed by atoms with Gasteiger partial charge < -0.3 is 10.2 Å². The molecule has 36 heavy (non-hydrogen) atoms. The summed E-state index contributed by atoms with van der Waals surface area (Å²) in [6, 6.07) is 11.1. The summed E-state index contributed by atoms with van der Waals surface area (Å²) in [5.41, 5.74) is 5.89. The van der Waals surface area contributed by atoms with Crippen molar-refractivity contribution in [2.75, 3.05) is 6.61 Å². The fourth-order valence-electron chi connectivity index (χ4n) is 9.44. The predicted octanol–water partition coefficient (Wildman–Crippen LogP) is 5.40. The highest BCUT2D eigenvalue weighted by Gasteiger charge is 2.63. The highest BCUT2D eigenvalue weighted by molar-refractivity contribution is 5.91. The maximum atomic E-state index is 12.5. The van der Waals surface area contributed by atoms with E-state index in [1.54, 1.807) is 6.08 Å². The van der Waals surface area contributed by atoms with E-state index < -0.39 is 5.60 Å². The summed E-state index contributed by atoms with van der Waals surface area (Å²) in [6.07, 6.45) is 17.1. The second-order valence-electron chi connectivity index (χ2n) is 12.1. The molecule has 4 unspecified atom stereocenters. The number of fused-ring (bicyclic) bond motifs is 4. The molecule has 1 heterocycles. The molecule has 0 saturated heterocycles. The summed E-state index contributed by atoms with van der Waals surface area (Å²) in [7, 11) is 0. The molecule has 2 N–H and O–H groups in total. The average Bonchev–Trinajstić information content (AvgIpc) is 3.24. The first-order chi connectivity index (χ1) is 17.5. The minimum absolute atomic E-state index is 0.0274. The molecular weight excluding hydrogens is 446 g/mol. The first kappa shape index (κ1) is 22.6. The minimum atomic E-state index is -0.822. The third kappa shape index (κ3) is 3.20. The van der Waals surface area contributed by atoms with E-state index in [0.717, 1.165) is 50.5 Å². The lowest BCUT2D eigenvalue weighted by molar-refractivity contribution is -0.118. The Morgan fingerprint density at radius 2 is 2.00 bits per heavy atom. The molecule has 4 nitrogen and oxygen atoms in total. The molecule has 1 aromatic heterocycles. The maximum Gasteiger partial charge on any atom is 0.155 e. The van der Waals surface area contributed by atoms with Gasteiger partial charge in [-0.2, -0.15) is 0 Å². The van der Waals surface area contributed by atoms with Gasteiger partial charge in [0.05, 0.1) is 12.2 Å². The van der Waals surface area contributed by atoms with E-state index in [-0.39, 0.29) is 17.9 Å². The largest absolute Gasteiger partial charge is 0.392 e. The molecule has 7 rings (SSSR count). The molecule has 2 aromatic rings. The summed E-state index contributed by atoms with van der Waals surface area (Å²) in [4.78, 5) is 16.9. The third-order valence-electron chi connectivity index (χ3n) is 10.7. The zero-order valence-electron chi connectivity index (χ0n) is 20.8. The van der Waals surface area contributed by atoms with Crippen molar-refractivity contribution in [3.63, 3.8) is 0 Å². The molecule has 0 amide bonds. The molecule has 5 aliphatic carbocycles. The van der Waals surface area contributed by atoms with E-state index in [4.69, 9.17) is 0 Å². The standard InChI is InChI=1S/C32H35NO3/c34-14-2-10-32(36)12-9-26-27-7-5-23-16-24(35)8-11-31(23)18-22-15-20(21-3-1-13-33-19-21)4-6-25(22)28(30(27)31)17-29(26)32/h1-4,6,10,13,15-16,19,26-30,34,36H,5,7-9,11-12,14,17-18H2/b10-2-/t26?,27?,28-,29?,30?,31-,32+/m1/s1. The lowest BCUT2D eigenvalue weighted by atomic mass is 9.42. The number of carbonyl (C=O) groups excluding carboxylic acids is 1. The van der Waals surface area contributed by atoms with Crippen LogP contribution in [0.25, 0.3) is 11.1 Å². The number of pyridine rings is 1. The van der Waals surface area contributed by atoms with Crippen molar-refractivity contribution < 1.29 is 15.0 Å². The number of ketones is 1. The third-order valence-corrected chi connectivity index (χ3v) is 10.7. The first-order valence-corrected chi connectivity index (χ1v) is 13.8. The molecular formula is C32H35NO3. The molecule has 1 spiro atoms. The second-order valence-corrected chi connectivity index (χ2v) is 12.1. The summed E-state index contributed by atoms with van der Waals surface area (Å²) in [6.45, 7) is -0.0274. The molecule has 186 valence electrons. The van der Waals surface area contributed by atoms with Gasteiger partial charge in [0.2, 0.25) is 0 Å². The second kappa shape index (κ2) is 8.22. The van der Waals surface area contributed by atoms with Gasteiger partial charge >= 0.3 is 0 Å². The number of carbonyl (C=O) groups is 1. The van der Waals surface area contributed by atoms with Crippen molar-refractivity contribution >= 4 is 5.78 Å². The number of rotatable bonds is 3. The van der Waals surface area contributed by atoms with Crippen LogP contribution in [0.3, 0.4) is 0 Å². The first-order valence-electron chi connectivity index (χ1n) is 13.8. The molecule has 0 radical (unpaired) electrons. The van der Waals surface area contributed by atoms with Crippen molar-refractivity contribution in [2.24, 2.45) is 29.1 Å². The van der Waals surface area contributed by atoms with Crippen LogP contribution in [0.2, 0.25) is 0 Å². The van der Waals surface area contributed by atoms with Crippen molar-refractivity contribution in [2.45, 2.75) is 62.9 Å². The number of aromatic nitrogens is 1. The smallest absolute Gasteiger partial charge is 0.155 e. The number of benzene rings is 1. The molecule has 0 aliphatic heterocycles. The van der Waals surface area contributed by atoms with E-state index >= 15 is 0 Å². The Labute approximate surface area is 213 Å². The summed E-state index contributed by atoms with van der Waals surface area (Å²) < 4.78 is 0. The Kier molecular flexibility index (Phi) is 5.17. The number of allylic oxidation sites excluding steroid dienone is 1. The van der Waals surface area contributed by atoms with Crippen LogP contribution in [0.4, 0.5) is 0 Å². The number of nitrogens with zero attached hydrogens (tertiary/aromatic N) is 1. The van der Waals surface area contributed by atoms with Crippen LogP contribution in [0, 0.1) is 29.1 Å². The normalized spacial score (nSPS) is 38.7. The Hall–Kier alpha value is -2.56. The quantitative estimate of drug-likeness (QED) is 0.576. The summed E-state index contributed by atoms with van der Waals surface area (Å²) in [5.74, 6) is 2.58. The highest BCUT2D eigenvalue weighted by atomic mass is 16.3. The van der Waals surface area contributed by atoms with Crippen molar-refractivity contribution in [3.05, 3.63) is 77.7 Å². The predicted molar refractivity (Wildman–Crippen MR) is 139 cm³/mol. The van der Waals surface area contributed by atoms with E-state index in [2.05, 4.69) is 29.2 Å². The van der Waals surface area contributed by atoms with Gasteiger partial charge in [-0.3, -0.25) is 9.78 Å². The van der Waals surface area contributed by atoms with Gasteiger partial charge in [-0.25, -0.2) is 0 Å². The molecule has 5 aliphatic rings. The molecule has 4 heteroatoms. The van der Waals surface area contributed by atoms with Gasteiger partial charge in [-0.15, -0.1) is 0 Å². The van der Waals surface area contributed by atoms with E-state index in [1.807, 2.05) is 30.6 Å². The number of aliphatic hydroxyl groups is 2. The zero-order chi connectivity index (χ0) is 24.5. The molecule has 3 fully saturated rings. The van der Waals surface area contributed by atoms with Gasteiger partial charge in [0.25, 0.3) is 0 Å². The topological polar surface area (TPSA) is 70.4 Å². The van der Waals surface area contributed by atoms with E-state index in [0.29, 0.717) is 35.9 Å². The van der Waals surface area contributed by atoms with Crippen LogP contribution in [-0.2, 0) is 11.2 Å². The molecule has 7 atom stereocenters. The van der Waals surface area contributed by atoms with Crippen LogP contribution in [0.1, 0.15) is 62.0 Å². The van der Waals surface area contributed by atoms with Crippen molar-refractivity contribution in [3.8, 4) is 11.1 Å². The fraction of sp³-hybridized carbons (Fsp3) is 0.500. The zero-order valence-corrected chi connectivity index (χ0v) is 20.8. The Balaban J connectivity index is 1.37. The lowest BCUT2D eigenvalue weighted by Gasteiger charge is -2.62. The highest BCUT2D eigenvalue weighted by Crippen LogP contribution is 2.69. The van der Waals surface area contributed by atoms with Gasteiger partial charge in [-0.05, 0) is 114 Å². The van der Waals surface area contributed by atoms with Crippen molar-refractivity contribution in [1.82, 2.24) is 4.98 Å². The molecule has 0 bridgehead atoms. The van der Waals surface area contributed by atoms with Crippen LogP contribution in [0.5, 0.6) is 0 Å². The average molecular weight is 482 g/mol. The van der Waals surface area contributed by atoms with Crippen molar-refractivity contribution in [1.29, 1.82) is 0 Å². The van der Waals surface area contributed by atoms with Gasteiger partial charge in [-0.1, -0.05) is 42.0 Å². The van der Waals surface area contributed by atoms with E-state index in [1.165, 1.54) is 22.3 Å². The number of hydrogen-bond acceptors (Lipinski definition) is 4. The van der Waals surface area contributed by atoms with Gasteiger partial charge in [0, 0.05) is 18.8 Å². The number of aliphatic hydroxyl groups excluding tert-OH is 1. The number of hydrogen-bond donors (Lipinski definition) is 2. The maximum absolute atomic E-state index is 12.5. The molecule has 1 aromatic carbocycles. The Bertz CT molecular complexity index is 1270. The van der Waals surface area contributed by atoms with Crippen LogP contribution < -0.4 is 0 Å².